The number of oxime groups is 2. The van der Waals surface area contributed by atoms with Gasteiger partial charge in [-0.15, -0.1) is 0 Å². The fourth-order valence-electron chi connectivity index (χ4n) is 2.31. The lowest BCUT2D eigenvalue weighted by molar-refractivity contribution is -0.147. The summed E-state index contributed by atoms with van der Waals surface area (Å²) in [4.78, 5) is 44.4. The number of hydrazone groups is 1. The van der Waals surface area contributed by atoms with Gasteiger partial charge in [0.2, 0.25) is 5.84 Å². The lowest BCUT2D eigenvalue weighted by atomic mass is 9.85. The highest BCUT2D eigenvalue weighted by molar-refractivity contribution is 6.74. The molecule has 0 fully saturated rings. The van der Waals surface area contributed by atoms with E-state index in [0.29, 0.717) is 5.69 Å². The van der Waals surface area contributed by atoms with Crippen molar-refractivity contribution in [3.05, 3.63) is 30.3 Å². The second-order valence-electron chi connectivity index (χ2n) is 6.23. The fourth-order valence-corrected chi connectivity index (χ4v) is 2.31. The number of ether oxygens (including phenoxy) is 1. The monoisotopic (exact) mass is 388 g/mol. The summed E-state index contributed by atoms with van der Waals surface area (Å²) in [5, 5.41) is 13.3. The molecule has 0 bridgehead atoms. The molecule has 10 nitrogen and oxygen atoms in total. The predicted molar refractivity (Wildman–Crippen MR) is 101 cm³/mol. The van der Waals surface area contributed by atoms with E-state index >= 15 is 0 Å². The number of hydrogen-bond donors (Lipinski definition) is 0. The van der Waals surface area contributed by atoms with Crippen LogP contribution in [0.3, 0.4) is 0 Å². The van der Waals surface area contributed by atoms with Gasteiger partial charge in [-0.05, 0) is 26.0 Å². The topological polar surface area (TPSA) is 119 Å². The van der Waals surface area contributed by atoms with Crippen molar-refractivity contribution in [2.75, 3.05) is 12.1 Å². The van der Waals surface area contributed by atoms with Crippen LogP contribution in [0.25, 0.3) is 0 Å². The summed E-state index contributed by atoms with van der Waals surface area (Å²) in [5.41, 5.74) is -0.639. The van der Waals surface area contributed by atoms with Gasteiger partial charge in [-0.25, -0.2) is 14.6 Å². The normalized spacial score (nSPS) is 16.8. The third kappa shape index (κ3) is 4.40. The number of anilines is 1. The minimum absolute atomic E-state index is 0.0328. The summed E-state index contributed by atoms with van der Waals surface area (Å²) in [5.74, 6) is -1.99. The maximum absolute atomic E-state index is 12.3. The zero-order valence-electron chi connectivity index (χ0n) is 16.1. The van der Waals surface area contributed by atoms with E-state index in [0.717, 1.165) is 0 Å². The average molecular weight is 388 g/mol. The smallest absolute Gasteiger partial charge is 0.332 e. The third-order valence-corrected chi connectivity index (χ3v) is 3.65. The quantitative estimate of drug-likeness (QED) is 0.429. The highest BCUT2D eigenvalue weighted by Crippen LogP contribution is 2.29. The van der Waals surface area contributed by atoms with E-state index in [2.05, 4.69) is 15.4 Å². The van der Waals surface area contributed by atoms with Crippen LogP contribution < -0.4 is 5.01 Å². The molecule has 148 valence electrons. The second-order valence-corrected chi connectivity index (χ2v) is 6.23. The molecule has 1 aliphatic rings. The number of esters is 1. The molecule has 0 unspecified atom stereocenters. The molecule has 0 aliphatic carbocycles. The van der Waals surface area contributed by atoms with Crippen LogP contribution in [-0.2, 0) is 28.8 Å². The summed E-state index contributed by atoms with van der Waals surface area (Å²) < 4.78 is 4.85. The van der Waals surface area contributed by atoms with E-state index in [1.54, 1.807) is 44.2 Å². The number of amidine groups is 1. The molecule has 2 rings (SSSR count). The Hall–Kier alpha value is -3.56. The van der Waals surface area contributed by atoms with Crippen molar-refractivity contribution in [1.82, 2.24) is 0 Å². The number of carbonyl (C=O) groups is 3. The summed E-state index contributed by atoms with van der Waals surface area (Å²) >= 11 is 0. The molecule has 1 aromatic carbocycles. The van der Waals surface area contributed by atoms with Crippen LogP contribution in [-0.4, -0.2) is 42.3 Å². The van der Waals surface area contributed by atoms with Crippen LogP contribution in [0.15, 0.2) is 45.7 Å². The van der Waals surface area contributed by atoms with E-state index in [1.165, 1.54) is 26.0 Å². The average Bonchev–Trinajstić information content (AvgIpc) is 3.03. The van der Waals surface area contributed by atoms with Crippen molar-refractivity contribution in [3.8, 4) is 0 Å². The fraction of sp³-hybridized carbons (Fsp3) is 0.333. The number of methoxy groups -OCH3 is 1. The van der Waals surface area contributed by atoms with Crippen molar-refractivity contribution in [3.63, 3.8) is 0 Å². The van der Waals surface area contributed by atoms with Gasteiger partial charge in [0.1, 0.15) is 11.1 Å². The largest absolute Gasteiger partial charge is 0.468 e. The van der Waals surface area contributed by atoms with Gasteiger partial charge in [-0.1, -0.05) is 28.5 Å². The lowest BCUT2D eigenvalue weighted by Crippen LogP contribution is -2.40. The van der Waals surface area contributed by atoms with Gasteiger partial charge in [0.05, 0.1) is 12.8 Å². The zero-order chi connectivity index (χ0) is 20.9. The Balaban J connectivity index is 2.66. The first kappa shape index (κ1) is 20.7. The summed E-state index contributed by atoms with van der Waals surface area (Å²) in [6, 6.07) is 8.79. The molecular weight excluding hydrogens is 368 g/mol. The molecule has 0 amide bonds. The van der Waals surface area contributed by atoms with E-state index in [-0.39, 0.29) is 17.3 Å². The number of carbonyl (C=O) groups excluding carboxylic acids is 3. The van der Waals surface area contributed by atoms with Gasteiger partial charge in [-0.3, -0.25) is 4.79 Å². The predicted octanol–water partition coefficient (Wildman–Crippen LogP) is 1.86. The summed E-state index contributed by atoms with van der Waals surface area (Å²) in [7, 11) is 1.24. The first-order chi connectivity index (χ1) is 13.2. The molecule has 28 heavy (non-hydrogen) atoms. The highest BCUT2D eigenvalue weighted by atomic mass is 16.7. The van der Waals surface area contributed by atoms with Gasteiger partial charge >= 0.3 is 17.9 Å². The molecule has 0 atom stereocenters. The summed E-state index contributed by atoms with van der Waals surface area (Å²) in [6.45, 7) is 5.48. The van der Waals surface area contributed by atoms with Crippen LogP contribution >= 0.6 is 0 Å². The van der Waals surface area contributed by atoms with Crippen LogP contribution in [0.2, 0.25) is 0 Å². The van der Waals surface area contributed by atoms with Crippen molar-refractivity contribution in [2.24, 2.45) is 20.8 Å². The molecule has 1 aliphatic heterocycles. The minimum Gasteiger partial charge on any atom is -0.468 e. The van der Waals surface area contributed by atoms with Gasteiger partial charge in [0, 0.05) is 13.8 Å². The zero-order valence-corrected chi connectivity index (χ0v) is 16.1. The lowest BCUT2D eigenvalue weighted by Gasteiger charge is -2.20. The molecule has 0 radical (unpaired) electrons. The number of nitrogens with zero attached hydrogens (tertiary/aromatic N) is 4. The molecule has 0 saturated carbocycles. The Kier molecular flexibility index (Phi) is 6.24. The van der Waals surface area contributed by atoms with E-state index in [1.807, 2.05) is 0 Å². The number of hydrogen-bond acceptors (Lipinski definition) is 9. The first-order valence-electron chi connectivity index (χ1n) is 8.23. The molecule has 1 heterocycles. The summed E-state index contributed by atoms with van der Waals surface area (Å²) in [6.07, 6.45) is 0. The molecular formula is C18H20N4O6. The maximum Gasteiger partial charge on any atom is 0.332 e. The van der Waals surface area contributed by atoms with Crippen molar-refractivity contribution in [2.45, 2.75) is 27.7 Å². The second kappa shape index (κ2) is 8.42. The Morgan fingerprint density at radius 3 is 2.11 bits per heavy atom. The minimum atomic E-state index is -1.27. The van der Waals surface area contributed by atoms with Gasteiger partial charge in [-0.2, -0.15) is 5.10 Å². The molecule has 0 N–H and O–H groups in total. The molecule has 10 heteroatoms. The number of para-hydroxylation sites is 1. The van der Waals surface area contributed by atoms with Gasteiger partial charge in [0.15, 0.2) is 5.71 Å². The van der Waals surface area contributed by atoms with E-state index < -0.39 is 23.3 Å². The highest BCUT2D eigenvalue weighted by Gasteiger charge is 2.46. The first-order valence-corrected chi connectivity index (χ1v) is 8.23. The Morgan fingerprint density at radius 1 is 1.00 bits per heavy atom. The Bertz CT molecular complexity index is 873. The van der Waals surface area contributed by atoms with Gasteiger partial charge < -0.3 is 14.4 Å². The van der Waals surface area contributed by atoms with Crippen LogP contribution in [0.5, 0.6) is 0 Å². The molecule has 0 aromatic heterocycles. The van der Waals surface area contributed by atoms with Crippen LogP contribution in [0.4, 0.5) is 5.69 Å². The Labute approximate surface area is 161 Å². The van der Waals surface area contributed by atoms with Crippen LogP contribution in [0.1, 0.15) is 27.7 Å². The standard InChI is InChI=1S/C18H20N4O6/c1-11(23)27-20-14-15(18(3,4)17(25)26-5)19-22(13-9-7-6-8-10-13)16(14)21-28-12(2)24/h6-10H,1-5H3/b20-14-,21-16+. The molecule has 0 spiro atoms. The third-order valence-electron chi connectivity index (χ3n) is 3.65. The van der Waals surface area contributed by atoms with Crippen molar-refractivity contribution < 1.29 is 28.8 Å². The van der Waals surface area contributed by atoms with Crippen molar-refractivity contribution in [1.29, 1.82) is 0 Å². The number of rotatable bonds is 5. The van der Waals surface area contributed by atoms with Gasteiger partial charge in [0.25, 0.3) is 0 Å². The SMILES string of the molecule is COC(=O)C(C)(C)C1=NN(c2ccccc2)C(=N/OC(C)=O)/C1=N\OC(C)=O. The van der Waals surface area contributed by atoms with Crippen LogP contribution in [0, 0.1) is 5.41 Å². The Morgan fingerprint density at radius 2 is 1.57 bits per heavy atom. The van der Waals surface area contributed by atoms with E-state index in [9.17, 15) is 14.4 Å². The number of benzene rings is 1. The maximum atomic E-state index is 12.3. The molecule has 0 saturated heterocycles. The van der Waals surface area contributed by atoms with Crippen molar-refractivity contribution >= 4 is 40.9 Å². The molecule has 1 aromatic rings. The van der Waals surface area contributed by atoms with E-state index in [4.69, 9.17) is 14.4 Å².